The van der Waals surface area contributed by atoms with Crippen molar-refractivity contribution >= 4 is 5.91 Å². The van der Waals surface area contributed by atoms with E-state index in [4.69, 9.17) is 0 Å². The first-order chi connectivity index (χ1) is 7.13. The number of amides is 1. The van der Waals surface area contributed by atoms with Crippen LogP contribution in [-0.4, -0.2) is 11.9 Å². The second kappa shape index (κ2) is 8.75. The van der Waals surface area contributed by atoms with E-state index in [2.05, 4.69) is 26.1 Å². The number of carbonyl (C=O) groups is 1. The van der Waals surface area contributed by atoms with Crippen LogP contribution in [0.2, 0.25) is 0 Å². The number of hydrogen-bond donors (Lipinski definition) is 1. The van der Waals surface area contributed by atoms with E-state index in [0.717, 1.165) is 5.92 Å². The number of rotatable bonds is 2. The average molecular weight is 213 g/mol. The SMILES string of the molecule is CCC.CCC1CCC(NC(C)=O)CC1. The molecule has 90 valence electrons. The van der Waals surface area contributed by atoms with Crippen molar-refractivity contribution in [2.75, 3.05) is 0 Å². The van der Waals surface area contributed by atoms with E-state index in [-0.39, 0.29) is 5.91 Å². The van der Waals surface area contributed by atoms with Crippen LogP contribution in [0.25, 0.3) is 0 Å². The Hall–Kier alpha value is -0.530. The molecule has 0 aromatic carbocycles. The van der Waals surface area contributed by atoms with Gasteiger partial charge in [-0.05, 0) is 31.6 Å². The van der Waals surface area contributed by atoms with Crippen molar-refractivity contribution in [1.29, 1.82) is 0 Å². The number of hydrogen-bond acceptors (Lipinski definition) is 1. The van der Waals surface area contributed by atoms with Crippen LogP contribution in [0.4, 0.5) is 0 Å². The smallest absolute Gasteiger partial charge is 0.217 e. The van der Waals surface area contributed by atoms with E-state index >= 15 is 0 Å². The highest BCUT2D eigenvalue weighted by Gasteiger charge is 2.19. The van der Waals surface area contributed by atoms with Gasteiger partial charge in [-0.2, -0.15) is 0 Å². The van der Waals surface area contributed by atoms with Crippen molar-refractivity contribution in [3.05, 3.63) is 0 Å². The Labute approximate surface area is 94.8 Å². The zero-order valence-electron chi connectivity index (χ0n) is 10.8. The molecule has 0 saturated heterocycles. The molecule has 0 atom stereocenters. The van der Waals surface area contributed by atoms with Crippen LogP contribution in [0.3, 0.4) is 0 Å². The largest absolute Gasteiger partial charge is 0.354 e. The van der Waals surface area contributed by atoms with Gasteiger partial charge in [-0.15, -0.1) is 0 Å². The lowest BCUT2D eigenvalue weighted by Gasteiger charge is -2.27. The van der Waals surface area contributed by atoms with Crippen molar-refractivity contribution in [3.8, 4) is 0 Å². The van der Waals surface area contributed by atoms with Gasteiger partial charge in [0.15, 0.2) is 0 Å². The van der Waals surface area contributed by atoms with Gasteiger partial charge in [-0.25, -0.2) is 0 Å². The van der Waals surface area contributed by atoms with Gasteiger partial charge in [-0.3, -0.25) is 4.79 Å². The molecule has 1 N–H and O–H groups in total. The van der Waals surface area contributed by atoms with Gasteiger partial charge < -0.3 is 5.32 Å². The van der Waals surface area contributed by atoms with Gasteiger partial charge in [0.05, 0.1) is 0 Å². The maximum atomic E-state index is 10.8. The summed E-state index contributed by atoms with van der Waals surface area (Å²) < 4.78 is 0. The third kappa shape index (κ3) is 7.40. The molecule has 15 heavy (non-hydrogen) atoms. The summed E-state index contributed by atoms with van der Waals surface area (Å²) in [5, 5.41) is 2.99. The van der Waals surface area contributed by atoms with Gasteiger partial charge in [0.2, 0.25) is 5.91 Å². The molecule has 0 aliphatic heterocycles. The van der Waals surface area contributed by atoms with E-state index in [9.17, 15) is 4.79 Å². The van der Waals surface area contributed by atoms with Gasteiger partial charge in [0, 0.05) is 13.0 Å². The Bertz CT molecular complexity index is 160. The van der Waals surface area contributed by atoms with Gasteiger partial charge in [0.1, 0.15) is 0 Å². The third-order valence-corrected chi connectivity index (χ3v) is 2.83. The molecule has 1 saturated carbocycles. The quantitative estimate of drug-likeness (QED) is 0.747. The van der Waals surface area contributed by atoms with Crippen LogP contribution in [-0.2, 0) is 4.79 Å². The molecule has 0 aromatic heterocycles. The zero-order valence-corrected chi connectivity index (χ0v) is 10.8. The van der Waals surface area contributed by atoms with Gasteiger partial charge in [-0.1, -0.05) is 33.6 Å². The minimum Gasteiger partial charge on any atom is -0.354 e. The Balaban J connectivity index is 0.000000583. The molecule has 2 heteroatoms. The van der Waals surface area contributed by atoms with Crippen LogP contribution >= 0.6 is 0 Å². The number of nitrogens with one attached hydrogen (secondary N) is 1. The first kappa shape index (κ1) is 14.5. The molecule has 0 heterocycles. The van der Waals surface area contributed by atoms with E-state index in [0.29, 0.717) is 6.04 Å². The molecule has 1 rings (SSSR count). The Morgan fingerprint density at radius 2 is 1.60 bits per heavy atom. The lowest BCUT2D eigenvalue weighted by atomic mass is 9.84. The van der Waals surface area contributed by atoms with Crippen LogP contribution in [0.15, 0.2) is 0 Å². The van der Waals surface area contributed by atoms with Crippen LogP contribution in [0.5, 0.6) is 0 Å². The standard InChI is InChI=1S/C10H19NO.C3H8/c1-3-9-4-6-10(7-5-9)11-8(2)12;1-3-2/h9-10H,3-7H2,1-2H3,(H,11,12);3H2,1-2H3. The average Bonchev–Trinajstić information content (AvgIpc) is 2.19. The molecule has 0 aromatic rings. The number of carbonyl (C=O) groups excluding carboxylic acids is 1. The molecule has 1 fully saturated rings. The molecule has 1 aliphatic carbocycles. The monoisotopic (exact) mass is 213 g/mol. The molecule has 0 radical (unpaired) electrons. The summed E-state index contributed by atoms with van der Waals surface area (Å²) in [6.45, 7) is 8.11. The van der Waals surface area contributed by atoms with E-state index < -0.39 is 0 Å². The fraction of sp³-hybridized carbons (Fsp3) is 0.923. The summed E-state index contributed by atoms with van der Waals surface area (Å²) in [5.74, 6) is 1.03. The van der Waals surface area contributed by atoms with Crippen LogP contribution in [0, 0.1) is 5.92 Å². The normalized spacial score (nSPS) is 25.1. The minimum absolute atomic E-state index is 0.120. The highest BCUT2D eigenvalue weighted by molar-refractivity contribution is 5.73. The van der Waals surface area contributed by atoms with Crippen LogP contribution < -0.4 is 5.32 Å². The molecule has 0 bridgehead atoms. The molecular formula is C13H27NO. The predicted octanol–water partition coefficient (Wildman–Crippen LogP) is 3.51. The summed E-state index contributed by atoms with van der Waals surface area (Å²) in [6, 6.07) is 0.463. The summed E-state index contributed by atoms with van der Waals surface area (Å²) in [5.41, 5.74) is 0. The van der Waals surface area contributed by atoms with Crippen LogP contribution in [0.1, 0.15) is 66.2 Å². The summed E-state index contributed by atoms with van der Waals surface area (Å²) in [7, 11) is 0. The molecule has 0 unspecified atom stereocenters. The van der Waals surface area contributed by atoms with E-state index in [1.54, 1.807) is 6.92 Å². The fourth-order valence-electron chi connectivity index (χ4n) is 2.00. The summed E-state index contributed by atoms with van der Waals surface area (Å²) in [4.78, 5) is 10.8. The summed E-state index contributed by atoms with van der Waals surface area (Å²) in [6.07, 6.45) is 7.49. The van der Waals surface area contributed by atoms with Gasteiger partial charge >= 0.3 is 0 Å². The summed E-state index contributed by atoms with van der Waals surface area (Å²) >= 11 is 0. The predicted molar refractivity (Wildman–Crippen MR) is 65.8 cm³/mol. The maximum absolute atomic E-state index is 10.8. The Morgan fingerprint density at radius 3 is 1.93 bits per heavy atom. The van der Waals surface area contributed by atoms with E-state index in [1.807, 2.05) is 0 Å². The maximum Gasteiger partial charge on any atom is 0.217 e. The Kier molecular flexibility index (Phi) is 8.44. The van der Waals surface area contributed by atoms with Crippen molar-refractivity contribution in [3.63, 3.8) is 0 Å². The molecule has 1 aliphatic rings. The highest BCUT2D eigenvalue weighted by Crippen LogP contribution is 2.26. The molecule has 1 amide bonds. The second-order valence-electron chi connectivity index (χ2n) is 4.53. The van der Waals surface area contributed by atoms with Crippen molar-refractivity contribution < 1.29 is 4.79 Å². The molecule has 0 spiro atoms. The zero-order chi connectivity index (χ0) is 11.7. The Morgan fingerprint density at radius 1 is 1.13 bits per heavy atom. The lowest BCUT2D eigenvalue weighted by Crippen LogP contribution is -2.36. The van der Waals surface area contributed by atoms with Gasteiger partial charge in [0.25, 0.3) is 0 Å². The minimum atomic E-state index is 0.120. The van der Waals surface area contributed by atoms with Crippen molar-refractivity contribution in [2.24, 2.45) is 5.92 Å². The fourth-order valence-corrected chi connectivity index (χ4v) is 2.00. The molecule has 2 nitrogen and oxygen atoms in total. The van der Waals surface area contributed by atoms with Crippen molar-refractivity contribution in [1.82, 2.24) is 5.32 Å². The first-order valence-electron chi connectivity index (χ1n) is 6.41. The second-order valence-corrected chi connectivity index (χ2v) is 4.53. The lowest BCUT2D eigenvalue weighted by molar-refractivity contribution is -0.119. The van der Waals surface area contributed by atoms with Crippen molar-refractivity contribution in [2.45, 2.75) is 72.3 Å². The third-order valence-electron chi connectivity index (χ3n) is 2.83. The topological polar surface area (TPSA) is 29.1 Å². The molecular weight excluding hydrogens is 186 g/mol. The van der Waals surface area contributed by atoms with E-state index in [1.165, 1.54) is 38.5 Å². The highest BCUT2D eigenvalue weighted by atomic mass is 16.1. The first-order valence-corrected chi connectivity index (χ1v) is 6.41.